The summed E-state index contributed by atoms with van der Waals surface area (Å²) in [4.78, 5) is 27.4. The van der Waals surface area contributed by atoms with Crippen molar-refractivity contribution in [2.45, 2.75) is 20.3 Å². The number of rotatable bonds is 4. The van der Waals surface area contributed by atoms with Crippen molar-refractivity contribution in [3.8, 4) is 0 Å². The van der Waals surface area contributed by atoms with E-state index in [0.29, 0.717) is 0 Å². The smallest absolute Gasteiger partial charge is 0.325 e. The van der Waals surface area contributed by atoms with Gasteiger partial charge in [-0.05, 0) is 20.3 Å². The van der Waals surface area contributed by atoms with Crippen molar-refractivity contribution in [3.05, 3.63) is 0 Å². The van der Waals surface area contributed by atoms with Crippen LogP contribution >= 0.6 is 7.60 Å². The number of carbonyl (C=O) groups is 1. The molecule has 7 heteroatoms. The second-order valence-corrected chi connectivity index (χ2v) is 5.10. The van der Waals surface area contributed by atoms with Crippen molar-refractivity contribution >= 4 is 13.6 Å². The number of carboxylic acids is 1. The lowest BCUT2D eigenvalue weighted by atomic mass is 9.91. The summed E-state index contributed by atoms with van der Waals surface area (Å²) in [6.07, 6.45) is -0.404. The number of carboxylic acid groups (broad SMARTS) is 1. The van der Waals surface area contributed by atoms with E-state index in [-0.39, 0.29) is 25.0 Å². The van der Waals surface area contributed by atoms with Gasteiger partial charge < -0.3 is 27.3 Å². The minimum Gasteiger partial charge on any atom is -1.00 e. The zero-order valence-electron chi connectivity index (χ0n) is 7.40. The summed E-state index contributed by atoms with van der Waals surface area (Å²) in [5.41, 5.74) is -1.07. The monoisotopic (exact) mass is 231 g/mol. The van der Waals surface area contributed by atoms with Gasteiger partial charge in [0.05, 0.1) is 11.6 Å². The van der Waals surface area contributed by atoms with Crippen LogP contribution in [0.1, 0.15) is 20.3 Å². The van der Waals surface area contributed by atoms with Gasteiger partial charge in [-0.1, -0.05) is 0 Å². The predicted molar refractivity (Wildman–Crippen MR) is 42.9 cm³/mol. The Labute approximate surface area is 82.7 Å². The van der Waals surface area contributed by atoms with E-state index < -0.39 is 19.0 Å². The van der Waals surface area contributed by atoms with Gasteiger partial charge in [-0.2, -0.15) is 0 Å². The van der Waals surface area contributed by atoms with Crippen molar-refractivity contribution in [1.29, 1.82) is 0 Å². The van der Waals surface area contributed by atoms with E-state index in [2.05, 4.69) is 0 Å². The fourth-order valence-electron chi connectivity index (χ4n) is 0.532. The first-order valence-corrected chi connectivity index (χ1v) is 5.23. The third-order valence-electron chi connectivity index (χ3n) is 1.61. The Balaban J connectivity index is 0. The maximum absolute atomic E-state index is 10.5. The van der Waals surface area contributed by atoms with E-state index in [4.69, 9.17) is 14.9 Å². The molecule has 5 nitrogen and oxygen atoms in total. The van der Waals surface area contributed by atoms with Crippen molar-refractivity contribution in [3.63, 3.8) is 0 Å². The number of hydrogen-bond donors (Lipinski definition) is 3. The van der Waals surface area contributed by atoms with Crippen LogP contribution < -0.4 is 12.4 Å². The van der Waals surface area contributed by atoms with Gasteiger partial charge in [0.25, 0.3) is 0 Å². The molecule has 0 fully saturated rings. The summed E-state index contributed by atoms with van der Waals surface area (Å²) >= 11 is 0. The lowest BCUT2D eigenvalue weighted by Crippen LogP contribution is -3.00. The van der Waals surface area contributed by atoms with E-state index >= 15 is 0 Å². The van der Waals surface area contributed by atoms with Gasteiger partial charge in [-0.15, -0.1) is 0 Å². The minimum absolute atomic E-state index is 0. The summed E-state index contributed by atoms with van der Waals surface area (Å²) in [5, 5.41) is 8.59. The van der Waals surface area contributed by atoms with Gasteiger partial charge in [-0.3, -0.25) is 9.36 Å². The van der Waals surface area contributed by atoms with Gasteiger partial charge in [0.2, 0.25) is 0 Å². The molecule has 0 aromatic carbocycles. The highest BCUT2D eigenvalue weighted by atomic mass is 35.5. The van der Waals surface area contributed by atoms with Crippen molar-refractivity contribution in [1.82, 2.24) is 0 Å². The van der Waals surface area contributed by atoms with Crippen LogP contribution in [0.25, 0.3) is 0 Å². The molecule has 0 aromatic rings. The molecule has 0 rings (SSSR count). The summed E-state index contributed by atoms with van der Waals surface area (Å²) in [6.45, 7) is 2.87. The molecule has 0 aliphatic rings. The van der Waals surface area contributed by atoms with Gasteiger partial charge in [0.1, 0.15) is 0 Å². The number of hydrogen-bond acceptors (Lipinski definition) is 2. The molecule has 80 valence electrons. The molecule has 0 amide bonds. The van der Waals surface area contributed by atoms with Gasteiger partial charge in [0, 0.05) is 0 Å². The van der Waals surface area contributed by atoms with Crippen LogP contribution in [0.2, 0.25) is 0 Å². The molecule has 0 bridgehead atoms. The molecule has 13 heavy (non-hydrogen) atoms. The van der Waals surface area contributed by atoms with E-state index in [1.807, 2.05) is 0 Å². The molecule has 0 aliphatic carbocycles. The Hall–Kier alpha value is -0.0900. The molecular weight excluding hydrogens is 218 g/mol. The number of aliphatic carboxylic acids is 1. The van der Waals surface area contributed by atoms with Crippen molar-refractivity contribution in [2.24, 2.45) is 5.41 Å². The molecule has 0 saturated heterocycles. The second-order valence-electron chi connectivity index (χ2n) is 3.33. The summed E-state index contributed by atoms with van der Waals surface area (Å²) < 4.78 is 10.4. The molecule has 0 atom stereocenters. The third-order valence-corrected chi connectivity index (χ3v) is 2.41. The van der Waals surface area contributed by atoms with Crippen LogP contribution in [0, 0.1) is 5.41 Å². The highest BCUT2D eigenvalue weighted by molar-refractivity contribution is 7.51. The Kier molecular flexibility index (Phi) is 5.87. The van der Waals surface area contributed by atoms with Crippen LogP contribution in [0.4, 0.5) is 0 Å². The quantitative estimate of drug-likeness (QED) is 0.472. The topological polar surface area (TPSA) is 94.8 Å². The van der Waals surface area contributed by atoms with Gasteiger partial charge >= 0.3 is 13.6 Å². The number of halogens is 1. The highest BCUT2D eigenvalue weighted by Gasteiger charge is 2.29. The summed E-state index contributed by atoms with van der Waals surface area (Å²) in [7, 11) is -4.07. The average Bonchev–Trinajstić information content (AvgIpc) is 1.82. The predicted octanol–water partition coefficient (Wildman–Crippen LogP) is -2.33. The van der Waals surface area contributed by atoms with E-state index in [1.165, 1.54) is 13.8 Å². The van der Waals surface area contributed by atoms with Crippen LogP contribution in [0.3, 0.4) is 0 Å². The highest BCUT2D eigenvalue weighted by Crippen LogP contribution is 2.38. The molecule has 0 aliphatic heterocycles. The second kappa shape index (κ2) is 4.96. The first-order valence-electron chi connectivity index (χ1n) is 3.43. The maximum atomic E-state index is 10.5. The van der Waals surface area contributed by atoms with Crippen molar-refractivity contribution in [2.75, 3.05) is 6.16 Å². The Bertz CT molecular complexity index is 221. The lowest BCUT2D eigenvalue weighted by molar-refractivity contribution is -0.147. The molecule has 0 heterocycles. The lowest BCUT2D eigenvalue weighted by Gasteiger charge is -2.18. The summed E-state index contributed by atoms with van der Waals surface area (Å²) in [5.74, 6) is -1.05. The van der Waals surface area contributed by atoms with Crippen LogP contribution in [-0.4, -0.2) is 27.0 Å². The molecule has 3 N–H and O–H groups in total. The zero-order valence-corrected chi connectivity index (χ0v) is 9.05. The normalized spacial score (nSPS) is 12.0. The maximum Gasteiger partial charge on any atom is 0.325 e. The first kappa shape index (κ1) is 15.4. The molecule has 0 radical (unpaired) electrons. The molecule has 0 aromatic heterocycles. The molecule has 0 spiro atoms. The van der Waals surface area contributed by atoms with Crippen LogP contribution in [0.5, 0.6) is 0 Å². The first-order chi connectivity index (χ1) is 5.15. The van der Waals surface area contributed by atoms with Crippen LogP contribution in [0.15, 0.2) is 0 Å². The Morgan fingerprint density at radius 3 is 2.00 bits per heavy atom. The largest absolute Gasteiger partial charge is 1.00 e. The van der Waals surface area contributed by atoms with Gasteiger partial charge in [-0.25, -0.2) is 0 Å². The fourth-order valence-corrected chi connectivity index (χ4v) is 1.38. The standard InChI is InChI=1S/C6H13O5P.ClH/c1-6(2,5(7)8)3-4-12(9,10)11;/h3-4H2,1-2H3,(H,7,8)(H2,9,10,11);1H/p-1. The van der Waals surface area contributed by atoms with Gasteiger partial charge in [0.15, 0.2) is 0 Å². The Morgan fingerprint density at radius 2 is 1.77 bits per heavy atom. The molecule has 0 saturated carbocycles. The van der Waals surface area contributed by atoms with E-state index in [9.17, 15) is 9.36 Å². The zero-order chi connectivity index (χ0) is 9.99. The minimum atomic E-state index is -4.07. The van der Waals surface area contributed by atoms with Crippen molar-refractivity contribution < 1.29 is 36.7 Å². The molecular formula is C6H13ClO5P-. The summed E-state index contributed by atoms with van der Waals surface area (Å²) in [6, 6.07) is 0. The Morgan fingerprint density at radius 1 is 1.38 bits per heavy atom. The third kappa shape index (κ3) is 7.02. The molecule has 0 unspecified atom stereocenters. The van der Waals surface area contributed by atoms with E-state index in [0.717, 1.165) is 0 Å². The fraction of sp³-hybridized carbons (Fsp3) is 0.833. The van der Waals surface area contributed by atoms with E-state index in [1.54, 1.807) is 0 Å². The average molecular weight is 232 g/mol. The van der Waals surface area contributed by atoms with Crippen LogP contribution in [-0.2, 0) is 9.36 Å². The SMILES string of the molecule is CC(C)(CCP(=O)(O)O)C(=O)O.[Cl-].